The second-order valence-electron chi connectivity index (χ2n) is 9.11. The molecule has 0 unspecified atom stereocenters. The SMILES string of the molecule is C[C@H]1CCNCC[C@H]1NC(=O)Nc1cnc2c(ccn2COCC[Si](C)(C)C)n1. The van der Waals surface area contributed by atoms with Crippen LogP contribution in [0.15, 0.2) is 18.5 Å². The van der Waals surface area contributed by atoms with Crippen LogP contribution in [0, 0.1) is 5.92 Å². The highest BCUT2D eigenvalue weighted by atomic mass is 28.3. The first-order chi connectivity index (χ1) is 13.8. The van der Waals surface area contributed by atoms with E-state index in [1.807, 2.05) is 16.8 Å². The van der Waals surface area contributed by atoms with Gasteiger partial charge in [0.2, 0.25) is 0 Å². The Morgan fingerprint density at radius 3 is 2.93 bits per heavy atom. The summed E-state index contributed by atoms with van der Waals surface area (Å²) in [6.45, 7) is 12.3. The second-order valence-corrected chi connectivity index (χ2v) is 14.7. The second kappa shape index (κ2) is 9.68. The smallest absolute Gasteiger partial charge is 0.320 e. The van der Waals surface area contributed by atoms with Gasteiger partial charge in [-0.25, -0.2) is 14.8 Å². The molecular weight excluding hydrogens is 384 g/mol. The molecule has 2 atom stereocenters. The van der Waals surface area contributed by atoms with E-state index in [2.05, 4.69) is 52.5 Å². The van der Waals surface area contributed by atoms with Gasteiger partial charge in [0.05, 0.1) is 6.20 Å². The normalized spacial score (nSPS) is 20.4. The molecule has 0 aliphatic carbocycles. The van der Waals surface area contributed by atoms with Gasteiger partial charge in [-0.2, -0.15) is 0 Å². The van der Waals surface area contributed by atoms with Crippen LogP contribution in [0.3, 0.4) is 0 Å². The van der Waals surface area contributed by atoms with Crippen LogP contribution in [0.25, 0.3) is 11.2 Å². The summed E-state index contributed by atoms with van der Waals surface area (Å²) in [5, 5.41) is 9.27. The van der Waals surface area contributed by atoms with Crippen molar-refractivity contribution in [3.05, 3.63) is 18.5 Å². The average Bonchev–Trinajstić information content (AvgIpc) is 2.94. The third kappa shape index (κ3) is 6.51. The summed E-state index contributed by atoms with van der Waals surface area (Å²) >= 11 is 0. The molecule has 9 heteroatoms. The Bertz CT molecular complexity index is 819. The minimum atomic E-state index is -1.09. The zero-order chi connectivity index (χ0) is 20.9. The van der Waals surface area contributed by atoms with E-state index in [1.54, 1.807) is 6.20 Å². The Morgan fingerprint density at radius 1 is 1.34 bits per heavy atom. The number of nitrogens with zero attached hydrogens (tertiary/aromatic N) is 3. The highest BCUT2D eigenvalue weighted by molar-refractivity contribution is 6.76. The van der Waals surface area contributed by atoms with Crippen LogP contribution in [0.1, 0.15) is 19.8 Å². The summed E-state index contributed by atoms with van der Waals surface area (Å²) < 4.78 is 7.75. The quantitative estimate of drug-likeness (QED) is 0.474. The first-order valence-electron chi connectivity index (χ1n) is 10.5. The molecule has 29 heavy (non-hydrogen) atoms. The van der Waals surface area contributed by atoms with Crippen LogP contribution >= 0.6 is 0 Å². The Balaban J connectivity index is 1.55. The largest absolute Gasteiger partial charge is 0.361 e. The van der Waals surface area contributed by atoms with Gasteiger partial charge in [-0.1, -0.05) is 26.6 Å². The zero-order valence-corrected chi connectivity index (χ0v) is 19.0. The lowest BCUT2D eigenvalue weighted by molar-refractivity contribution is 0.0899. The van der Waals surface area contributed by atoms with E-state index in [4.69, 9.17) is 4.74 Å². The van der Waals surface area contributed by atoms with E-state index >= 15 is 0 Å². The van der Waals surface area contributed by atoms with Gasteiger partial charge in [0.15, 0.2) is 11.5 Å². The van der Waals surface area contributed by atoms with Crippen molar-refractivity contribution in [1.82, 2.24) is 25.2 Å². The number of amides is 2. The summed E-state index contributed by atoms with van der Waals surface area (Å²) in [7, 11) is -1.09. The van der Waals surface area contributed by atoms with Crippen molar-refractivity contribution in [3.8, 4) is 0 Å². The third-order valence-corrected chi connectivity index (χ3v) is 7.05. The molecule has 0 saturated carbocycles. The van der Waals surface area contributed by atoms with Crippen LogP contribution in [0.4, 0.5) is 10.6 Å². The minimum Gasteiger partial charge on any atom is -0.361 e. The number of ether oxygens (including phenoxy) is 1. The van der Waals surface area contributed by atoms with Gasteiger partial charge in [-0.05, 0) is 44.0 Å². The minimum absolute atomic E-state index is 0.163. The molecule has 2 amide bonds. The van der Waals surface area contributed by atoms with E-state index in [0.29, 0.717) is 18.5 Å². The van der Waals surface area contributed by atoms with E-state index < -0.39 is 8.07 Å². The monoisotopic (exact) mass is 418 g/mol. The predicted octanol–water partition coefficient (Wildman–Crippen LogP) is 3.25. The molecule has 0 spiro atoms. The molecule has 0 radical (unpaired) electrons. The van der Waals surface area contributed by atoms with Crippen molar-refractivity contribution in [2.75, 3.05) is 25.0 Å². The predicted molar refractivity (Wildman–Crippen MR) is 119 cm³/mol. The van der Waals surface area contributed by atoms with Crippen molar-refractivity contribution < 1.29 is 9.53 Å². The zero-order valence-electron chi connectivity index (χ0n) is 18.0. The molecule has 2 aromatic rings. The van der Waals surface area contributed by atoms with Gasteiger partial charge in [-0.15, -0.1) is 0 Å². The number of aromatic nitrogens is 3. The molecule has 3 heterocycles. The molecule has 1 saturated heterocycles. The fourth-order valence-corrected chi connectivity index (χ4v) is 4.16. The van der Waals surface area contributed by atoms with Gasteiger partial charge in [0.25, 0.3) is 0 Å². The highest BCUT2D eigenvalue weighted by Crippen LogP contribution is 2.16. The lowest BCUT2D eigenvalue weighted by atomic mass is 9.97. The summed E-state index contributed by atoms with van der Waals surface area (Å²) in [4.78, 5) is 21.4. The van der Waals surface area contributed by atoms with E-state index in [1.165, 1.54) is 0 Å². The first kappa shape index (κ1) is 21.7. The van der Waals surface area contributed by atoms with Gasteiger partial charge >= 0.3 is 6.03 Å². The first-order valence-corrected chi connectivity index (χ1v) is 14.2. The summed E-state index contributed by atoms with van der Waals surface area (Å²) in [5.74, 6) is 0.895. The van der Waals surface area contributed by atoms with Crippen molar-refractivity contribution in [1.29, 1.82) is 0 Å². The van der Waals surface area contributed by atoms with E-state index in [9.17, 15) is 4.79 Å². The van der Waals surface area contributed by atoms with Gasteiger partial charge < -0.3 is 19.9 Å². The van der Waals surface area contributed by atoms with E-state index in [-0.39, 0.29) is 12.1 Å². The van der Waals surface area contributed by atoms with E-state index in [0.717, 1.165) is 49.7 Å². The Hall–Kier alpha value is -1.97. The van der Waals surface area contributed by atoms with Crippen molar-refractivity contribution in [2.24, 2.45) is 5.92 Å². The Morgan fingerprint density at radius 2 is 2.14 bits per heavy atom. The lowest BCUT2D eigenvalue weighted by Crippen LogP contribution is -2.42. The summed E-state index contributed by atoms with van der Waals surface area (Å²) in [6.07, 6.45) is 5.51. The van der Waals surface area contributed by atoms with Gasteiger partial charge in [-0.3, -0.25) is 5.32 Å². The molecule has 3 rings (SSSR count). The lowest BCUT2D eigenvalue weighted by Gasteiger charge is -2.22. The Kier molecular flexibility index (Phi) is 7.26. The topological polar surface area (TPSA) is 93.1 Å². The number of carbonyl (C=O) groups excluding carboxylic acids is 1. The summed E-state index contributed by atoms with van der Waals surface area (Å²) in [5.41, 5.74) is 1.50. The number of fused-ring (bicyclic) bond motifs is 1. The average molecular weight is 419 g/mol. The number of nitrogens with one attached hydrogen (secondary N) is 3. The van der Waals surface area contributed by atoms with Crippen molar-refractivity contribution >= 4 is 31.1 Å². The number of carbonyl (C=O) groups is 1. The van der Waals surface area contributed by atoms with Crippen molar-refractivity contribution in [2.45, 2.75) is 58.2 Å². The van der Waals surface area contributed by atoms with Crippen LogP contribution in [0.5, 0.6) is 0 Å². The molecule has 1 aliphatic rings. The van der Waals surface area contributed by atoms with Gasteiger partial charge in [0, 0.05) is 26.9 Å². The molecular formula is C20H34N6O2Si. The maximum atomic E-state index is 12.4. The molecule has 2 aromatic heterocycles. The maximum absolute atomic E-state index is 12.4. The van der Waals surface area contributed by atoms with Crippen LogP contribution in [-0.4, -0.2) is 54.4 Å². The molecule has 3 N–H and O–H groups in total. The van der Waals surface area contributed by atoms with Crippen LogP contribution in [-0.2, 0) is 11.5 Å². The molecule has 1 fully saturated rings. The van der Waals surface area contributed by atoms with Gasteiger partial charge in [0.1, 0.15) is 12.2 Å². The fraction of sp³-hybridized carbons (Fsp3) is 0.650. The molecule has 0 bridgehead atoms. The Labute approximate surface area is 173 Å². The van der Waals surface area contributed by atoms with Crippen LogP contribution in [0.2, 0.25) is 25.7 Å². The number of rotatable bonds is 7. The number of hydrogen-bond acceptors (Lipinski definition) is 5. The fourth-order valence-electron chi connectivity index (χ4n) is 3.40. The molecule has 0 aromatic carbocycles. The third-order valence-electron chi connectivity index (χ3n) is 5.34. The standard InChI is InChI=1S/C20H34N6O2Si/c1-15-5-8-21-9-6-16(15)24-20(27)25-18-13-22-19-17(23-18)7-10-26(19)14-28-11-12-29(2,3)4/h7,10,13,15-16,21H,5-6,8-9,11-12,14H2,1-4H3,(H2,23,24,25,27)/t15-,16+/m0/s1. The van der Waals surface area contributed by atoms with Crippen molar-refractivity contribution in [3.63, 3.8) is 0 Å². The number of anilines is 1. The highest BCUT2D eigenvalue weighted by Gasteiger charge is 2.21. The molecule has 8 nitrogen and oxygen atoms in total. The number of hydrogen-bond donors (Lipinski definition) is 3. The summed E-state index contributed by atoms with van der Waals surface area (Å²) in [6, 6.07) is 2.96. The number of urea groups is 1. The molecule has 1 aliphatic heterocycles. The van der Waals surface area contributed by atoms with Crippen LogP contribution < -0.4 is 16.0 Å². The maximum Gasteiger partial charge on any atom is 0.320 e. The molecule has 160 valence electrons.